The molecule has 0 aromatic heterocycles. The molecule has 1 rings (SSSR count). The predicted molar refractivity (Wildman–Crippen MR) is 108 cm³/mol. The minimum atomic E-state index is -0.565. The van der Waals surface area contributed by atoms with Crippen LogP contribution in [-0.4, -0.2) is 57.7 Å². The van der Waals surface area contributed by atoms with Crippen molar-refractivity contribution in [1.82, 2.24) is 0 Å². The molecule has 0 amide bonds. The van der Waals surface area contributed by atoms with Gasteiger partial charge in [-0.2, -0.15) is 0 Å². The van der Waals surface area contributed by atoms with E-state index in [0.717, 1.165) is 0 Å². The van der Waals surface area contributed by atoms with Crippen molar-refractivity contribution in [2.45, 2.75) is 26.4 Å². The maximum atomic E-state index is 11.6. The molecule has 0 heterocycles. The number of esters is 1. The van der Waals surface area contributed by atoms with Crippen molar-refractivity contribution in [1.29, 1.82) is 0 Å². The van der Waals surface area contributed by atoms with Crippen LogP contribution in [0.25, 0.3) is 20.9 Å². The lowest BCUT2D eigenvalue weighted by Crippen LogP contribution is -2.27. The maximum absolute atomic E-state index is 11.6. The summed E-state index contributed by atoms with van der Waals surface area (Å²) in [6.07, 6.45) is 0. The summed E-state index contributed by atoms with van der Waals surface area (Å²) in [5.41, 5.74) is 16.1. The number of rotatable bonds is 14. The first-order chi connectivity index (χ1) is 14.3. The zero-order valence-corrected chi connectivity index (χ0v) is 17.3. The van der Waals surface area contributed by atoms with Gasteiger partial charge in [-0.3, -0.25) is 0 Å². The van der Waals surface area contributed by atoms with Crippen molar-refractivity contribution in [2.75, 3.05) is 46.1 Å². The van der Waals surface area contributed by atoms with Crippen LogP contribution < -0.4 is 14.2 Å². The average molecular weight is 422 g/mol. The van der Waals surface area contributed by atoms with Crippen LogP contribution in [0.5, 0.6) is 17.2 Å². The fourth-order valence-electron chi connectivity index (χ4n) is 2.04. The summed E-state index contributed by atoms with van der Waals surface area (Å²) >= 11 is 0. The van der Waals surface area contributed by atoms with Crippen LogP contribution in [-0.2, 0) is 14.3 Å². The van der Waals surface area contributed by atoms with Gasteiger partial charge >= 0.3 is 5.97 Å². The molecule has 0 N–H and O–H groups in total. The molecular formula is C18H26N6O6. The Bertz CT molecular complexity index is 727. The number of azide groups is 2. The second kappa shape index (κ2) is 13.8. The van der Waals surface area contributed by atoms with Crippen molar-refractivity contribution in [3.8, 4) is 17.2 Å². The van der Waals surface area contributed by atoms with Gasteiger partial charge in [0.2, 0.25) is 0 Å². The van der Waals surface area contributed by atoms with Crippen molar-refractivity contribution < 1.29 is 28.5 Å². The molecule has 0 atom stereocenters. The van der Waals surface area contributed by atoms with Crippen molar-refractivity contribution >= 4 is 5.97 Å². The van der Waals surface area contributed by atoms with Crippen LogP contribution in [0.15, 0.2) is 28.4 Å². The third-order valence-electron chi connectivity index (χ3n) is 3.04. The Labute approximate surface area is 174 Å². The molecule has 0 saturated heterocycles. The summed E-state index contributed by atoms with van der Waals surface area (Å²) in [6, 6.07) is 4.92. The number of hydrogen-bond acceptors (Lipinski definition) is 8. The minimum Gasteiger partial charge on any atom is -0.493 e. The Morgan fingerprint density at radius 2 is 1.33 bits per heavy atom. The van der Waals surface area contributed by atoms with Crippen molar-refractivity contribution in [2.24, 2.45) is 10.2 Å². The van der Waals surface area contributed by atoms with Gasteiger partial charge in [-0.25, -0.2) is 4.79 Å². The third kappa shape index (κ3) is 12.2. The Morgan fingerprint density at radius 1 is 0.867 bits per heavy atom. The van der Waals surface area contributed by atoms with Crippen LogP contribution in [0.2, 0.25) is 0 Å². The molecule has 0 aliphatic carbocycles. The number of carbonyl (C=O) groups excluding carboxylic acids is 1. The van der Waals surface area contributed by atoms with Crippen LogP contribution >= 0.6 is 0 Å². The fourth-order valence-corrected chi connectivity index (χ4v) is 2.04. The second-order valence-corrected chi connectivity index (χ2v) is 6.73. The summed E-state index contributed by atoms with van der Waals surface area (Å²) in [5, 5.41) is 6.80. The molecule has 0 fully saturated rings. The van der Waals surface area contributed by atoms with E-state index in [2.05, 4.69) is 20.1 Å². The van der Waals surface area contributed by atoms with E-state index in [0.29, 0.717) is 17.2 Å². The Hall–Kier alpha value is -3.33. The highest BCUT2D eigenvalue weighted by Crippen LogP contribution is 2.28. The summed E-state index contributed by atoms with van der Waals surface area (Å²) in [4.78, 5) is 16.9. The van der Waals surface area contributed by atoms with E-state index < -0.39 is 11.6 Å². The van der Waals surface area contributed by atoms with E-state index in [1.165, 1.54) is 0 Å². The molecule has 12 nitrogen and oxygen atoms in total. The van der Waals surface area contributed by atoms with Gasteiger partial charge in [-0.05, 0) is 31.8 Å². The van der Waals surface area contributed by atoms with Gasteiger partial charge in [-0.15, -0.1) is 0 Å². The molecule has 1 aromatic carbocycles. The highest BCUT2D eigenvalue weighted by molar-refractivity contribution is 5.71. The number of carbonyl (C=O) groups is 1. The summed E-state index contributed by atoms with van der Waals surface area (Å²) in [5.74, 6) is 0.910. The summed E-state index contributed by atoms with van der Waals surface area (Å²) < 4.78 is 27.1. The highest BCUT2D eigenvalue weighted by Gasteiger charge is 2.16. The summed E-state index contributed by atoms with van der Waals surface area (Å²) in [6.45, 7) is 6.25. The van der Waals surface area contributed by atoms with Gasteiger partial charge in [0, 0.05) is 28.0 Å². The first kappa shape index (κ1) is 24.7. The van der Waals surface area contributed by atoms with Crippen molar-refractivity contribution in [3.05, 3.63) is 39.1 Å². The first-order valence-electron chi connectivity index (χ1n) is 9.19. The van der Waals surface area contributed by atoms with E-state index in [-0.39, 0.29) is 46.1 Å². The Kier molecular flexibility index (Phi) is 11.3. The molecule has 0 radical (unpaired) electrons. The number of nitrogens with zero attached hydrogens (tertiary/aromatic N) is 6. The Morgan fingerprint density at radius 3 is 1.77 bits per heavy atom. The lowest BCUT2D eigenvalue weighted by atomic mass is 10.2. The van der Waals surface area contributed by atoms with Crippen molar-refractivity contribution in [3.63, 3.8) is 0 Å². The Balaban J connectivity index is 2.56. The molecule has 0 unspecified atom stereocenters. The molecule has 30 heavy (non-hydrogen) atoms. The van der Waals surface area contributed by atoms with Gasteiger partial charge in [0.05, 0.1) is 32.9 Å². The largest absolute Gasteiger partial charge is 0.493 e. The standard InChI is InChI=1S/C18H26N6O6/c1-18(2,3)30-17(25)13-26-8-9-29-16-11-14(27-6-4-21-23-19)10-15(12-16)28-7-5-22-24-20/h10-12H,4-9,13H2,1-3H3. The van der Waals surface area contributed by atoms with Gasteiger partial charge in [0.25, 0.3) is 0 Å². The fraction of sp³-hybridized carbons (Fsp3) is 0.611. The van der Waals surface area contributed by atoms with Gasteiger partial charge in [0.1, 0.15) is 36.1 Å². The normalized spacial score (nSPS) is 10.4. The van der Waals surface area contributed by atoms with E-state index in [1.54, 1.807) is 39.0 Å². The van der Waals surface area contributed by atoms with E-state index in [1.807, 2.05) is 0 Å². The van der Waals surface area contributed by atoms with Crippen LogP contribution in [0.3, 0.4) is 0 Å². The maximum Gasteiger partial charge on any atom is 0.332 e. The van der Waals surface area contributed by atoms with E-state index in [9.17, 15) is 4.79 Å². The predicted octanol–water partition coefficient (Wildman–Crippen LogP) is 3.80. The summed E-state index contributed by atoms with van der Waals surface area (Å²) in [7, 11) is 0. The number of benzene rings is 1. The molecule has 0 bridgehead atoms. The molecule has 1 aromatic rings. The molecule has 0 aliphatic heterocycles. The molecule has 0 spiro atoms. The molecule has 0 saturated carbocycles. The zero-order valence-electron chi connectivity index (χ0n) is 17.3. The lowest BCUT2D eigenvalue weighted by Gasteiger charge is -2.19. The van der Waals surface area contributed by atoms with E-state index in [4.69, 9.17) is 34.7 Å². The number of ether oxygens (including phenoxy) is 5. The monoisotopic (exact) mass is 422 g/mol. The SMILES string of the molecule is CC(C)(C)OC(=O)COCCOc1cc(OCCN=[N+]=[N-])cc(OCCN=[N+]=[N-])c1. The van der Waals surface area contributed by atoms with E-state index >= 15 is 0 Å². The first-order valence-corrected chi connectivity index (χ1v) is 9.19. The molecule has 12 heteroatoms. The zero-order chi connectivity index (χ0) is 22.2. The van der Waals surface area contributed by atoms with Gasteiger partial charge in [0.15, 0.2) is 0 Å². The molecular weight excluding hydrogens is 396 g/mol. The minimum absolute atomic E-state index is 0.170. The van der Waals surface area contributed by atoms with Crippen LogP contribution in [0.1, 0.15) is 20.8 Å². The smallest absolute Gasteiger partial charge is 0.332 e. The number of hydrogen-bond donors (Lipinski definition) is 0. The third-order valence-corrected chi connectivity index (χ3v) is 3.04. The molecule has 164 valence electrons. The second-order valence-electron chi connectivity index (χ2n) is 6.73. The van der Waals surface area contributed by atoms with Crippen LogP contribution in [0.4, 0.5) is 0 Å². The van der Waals surface area contributed by atoms with Gasteiger partial charge in [-0.1, -0.05) is 10.2 Å². The van der Waals surface area contributed by atoms with Gasteiger partial charge < -0.3 is 23.7 Å². The molecule has 0 aliphatic rings. The topological polar surface area (TPSA) is 161 Å². The lowest BCUT2D eigenvalue weighted by molar-refractivity contribution is -0.160. The van der Waals surface area contributed by atoms with Crippen LogP contribution in [0, 0.1) is 0 Å². The highest BCUT2D eigenvalue weighted by atomic mass is 16.6. The average Bonchev–Trinajstić information content (AvgIpc) is 2.67. The quantitative estimate of drug-likeness (QED) is 0.146.